The van der Waals surface area contributed by atoms with E-state index in [1.54, 1.807) is 0 Å². The maximum Gasteiger partial charge on any atom is 0.107 e. The van der Waals surface area contributed by atoms with E-state index in [2.05, 4.69) is 13.8 Å². The first-order valence-electron chi connectivity index (χ1n) is 5.77. The quantitative estimate of drug-likeness (QED) is 0.848. The largest absolute Gasteiger partial charge is 0.385 e. The number of ether oxygens (including phenoxy) is 1. The summed E-state index contributed by atoms with van der Waals surface area (Å²) in [6.45, 7) is 10.5. The molecule has 0 aliphatic heterocycles. The van der Waals surface area contributed by atoms with Crippen LogP contribution < -0.4 is 0 Å². The van der Waals surface area contributed by atoms with Gasteiger partial charge in [0.25, 0.3) is 0 Å². The highest BCUT2D eigenvalue weighted by Gasteiger charge is 2.29. The Morgan fingerprint density at radius 1 is 1.25 bits per heavy atom. The molecule has 1 rings (SSSR count). The van der Waals surface area contributed by atoms with Crippen molar-refractivity contribution in [3.05, 3.63) is 34.9 Å². The van der Waals surface area contributed by atoms with Crippen LogP contribution in [0.5, 0.6) is 0 Å². The Kier molecular flexibility index (Phi) is 4.11. The Balaban J connectivity index is 2.95. The standard InChI is InChI=1S/C14H22O2/c1-6-16-14(4,5)13(15)12-8-7-10(2)11(3)9-12/h7-9,13,15H,6H2,1-5H3. The van der Waals surface area contributed by atoms with E-state index in [0.29, 0.717) is 6.61 Å². The average molecular weight is 222 g/mol. The summed E-state index contributed by atoms with van der Waals surface area (Å²) in [4.78, 5) is 0. The second kappa shape index (κ2) is 4.98. The number of hydrogen-bond acceptors (Lipinski definition) is 2. The van der Waals surface area contributed by atoms with Crippen LogP contribution in [0.4, 0.5) is 0 Å². The summed E-state index contributed by atoms with van der Waals surface area (Å²) in [6.07, 6.45) is -0.591. The van der Waals surface area contributed by atoms with Gasteiger partial charge in [0.15, 0.2) is 0 Å². The summed E-state index contributed by atoms with van der Waals surface area (Å²) in [5.41, 5.74) is 2.81. The first-order valence-corrected chi connectivity index (χ1v) is 5.77. The van der Waals surface area contributed by atoms with Crippen LogP contribution in [0.25, 0.3) is 0 Å². The molecule has 0 fully saturated rings. The second-order valence-corrected chi connectivity index (χ2v) is 4.78. The third-order valence-corrected chi connectivity index (χ3v) is 3.02. The number of hydrogen-bond donors (Lipinski definition) is 1. The molecule has 2 nitrogen and oxygen atoms in total. The minimum Gasteiger partial charge on any atom is -0.385 e. The lowest BCUT2D eigenvalue weighted by molar-refractivity contribution is -0.0983. The van der Waals surface area contributed by atoms with Gasteiger partial charge in [0.2, 0.25) is 0 Å². The highest BCUT2D eigenvalue weighted by atomic mass is 16.5. The van der Waals surface area contributed by atoms with Crippen molar-refractivity contribution in [2.75, 3.05) is 6.61 Å². The van der Waals surface area contributed by atoms with Crippen molar-refractivity contribution in [3.63, 3.8) is 0 Å². The van der Waals surface area contributed by atoms with E-state index in [1.807, 2.05) is 39.0 Å². The summed E-state index contributed by atoms with van der Waals surface area (Å²) in [5.74, 6) is 0. The van der Waals surface area contributed by atoms with Crippen LogP contribution in [-0.4, -0.2) is 17.3 Å². The topological polar surface area (TPSA) is 29.5 Å². The average Bonchev–Trinajstić information content (AvgIpc) is 2.21. The molecule has 0 aliphatic carbocycles. The maximum atomic E-state index is 10.3. The monoisotopic (exact) mass is 222 g/mol. The number of benzene rings is 1. The molecular formula is C14H22O2. The second-order valence-electron chi connectivity index (χ2n) is 4.78. The van der Waals surface area contributed by atoms with Gasteiger partial charge in [-0.05, 0) is 51.3 Å². The van der Waals surface area contributed by atoms with E-state index in [0.717, 1.165) is 5.56 Å². The van der Waals surface area contributed by atoms with Crippen molar-refractivity contribution in [1.82, 2.24) is 0 Å². The molecule has 0 spiro atoms. The molecule has 1 atom stereocenters. The molecule has 2 heteroatoms. The zero-order valence-electron chi connectivity index (χ0n) is 10.9. The Bertz CT molecular complexity index is 356. The number of aliphatic hydroxyl groups excluding tert-OH is 1. The summed E-state index contributed by atoms with van der Waals surface area (Å²) < 4.78 is 5.57. The van der Waals surface area contributed by atoms with Gasteiger partial charge in [-0.1, -0.05) is 18.2 Å². The Morgan fingerprint density at radius 2 is 1.88 bits per heavy atom. The molecule has 90 valence electrons. The van der Waals surface area contributed by atoms with Crippen molar-refractivity contribution in [2.45, 2.75) is 46.3 Å². The van der Waals surface area contributed by atoms with E-state index in [1.165, 1.54) is 11.1 Å². The van der Waals surface area contributed by atoms with Gasteiger partial charge in [-0.3, -0.25) is 0 Å². The van der Waals surface area contributed by atoms with Gasteiger partial charge in [-0.15, -0.1) is 0 Å². The van der Waals surface area contributed by atoms with Gasteiger partial charge in [-0.25, -0.2) is 0 Å². The Hall–Kier alpha value is -0.860. The first-order chi connectivity index (χ1) is 7.38. The molecular weight excluding hydrogens is 200 g/mol. The van der Waals surface area contributed by atoms with Crippen LogP contribution in [0.3, 0.4) is 0 Å². The minimum absolute atomic E-state index is 0.545. The fourth-order valence-electron chi connectivity index (χ4n) is 1.79. The third-order valence-electron chi connectivity index (χ3n) is 3.02. The summed E-state index contributed by atoms with van der Waals surface area (Å²) in [7, 11) is 0. The third kappa shape index (κ3) is 2.83. The number of aliphatic hydroxyl groups is 1. The normalized spacial score (nSPS) is 13.9. The predicted molar refractivity (Wildman–Crippen MR) is 66.6 cm³/mol. The molecule has 0 radical (unpaired) electrons. The van der Waals surface area contributed by atoms with Gasteiger partial charge in [0, 0.05) is 6.61 Å². The molecule has 0 amide bonds. The summed E-state index contributed by atoms with van der Waals surface area (Å²) >= 11 is 0. The highest BCUT2D eigenvalue weighted by molar-refractivity contribution is 5.32. The fourth-order valence-corrected chi connectivity index (χ4v) is 1.79. The zero-order valence-corrected chi connectivity index (χ0v) is 10.9. The van der Waals surface area contributed by atoms with Crippen molar-refractivity contribution in [3.8, 4) is 0 Å². The summed E-state index contributed by atoms with van der Waals surface area (Å²) in [6, 6.07) is 6.03. The molecule has 1 unspecified atom stereocenters. The van der Waals surface area contributed by atoms with E-state index in [4.69, 9.17) is 4.74 Å². The highest BCUT2D eigenvalue weighted by Crippen LogP contribution is 2.29. The van der Waals surface area contributed by atoms with Crippen molar-refractivity contribution >= 4 is 0 Å². The zero-order chi connectivity index (χ0) is 12.3. The van der Waals surface area contributed by atoms with E-state index in [-0.39, 0.29) is 0 Å². The van der Waals surface area contributed by atoms with Gasteiger partial charge < -0.3 is 9.84 Å². The molecule has 0 aromatic heterocycles. The molecule has 1 aromatic carbocycles. The van der Waals surface area contributed by atoms with E-state index in [9.17, 15) is 5.11 Å². The maximum absolute atomic E-state index is 10.3. The van der Waals surface area contributed by atoms with Crippen molar-refractivity contribution in [1.29, 1.82) is 0 Å². The van der Waals surface area contributed by atoms with Crippen LogP contribution in [0.15, 0.2) is 18.2 Å². The molecule has 1 N–H and O–H groups in total. The SMILES string of the molecule is CCOC(C)(C)C(O)c1ccc(C)c(C)c1. The van der Waals surface area contributed by atoms with E-state index >= 15 is 0 Å². The van der Waals surface area contributed by atoms with Crippen LogP contribution in [-0.2, 0) is 4.74 Å². The van der Waals surface area contributed by atoms with Crippen LogP contribution in [0, 0.1) is 13.8 Å². The Labute approximate surface area is 98.3 Å². The number of rotatable bonds is 4. The van der Waals surface area contributed by atoms with Gasteiger partial charge >= 0.3 is 0 Å². The lowest BCUT2D eigenvalue weighted by atomic mass is 9.92. The summed E-state index contributed by atoms with van der Waals surface area (Å²) in [5, 5.41) is 10.3. The smallest absolute Gasteiger partial charge is 0.107 e. The Morgan fingerprint density at radius 3 is 2.38 bits per heavy atom. The molecule has 0 bridgehead atoms. The molecule has 1 aromatic rings. The first kappa shape index (κ1) is 13.2. The van der Waals surface area contributed by atoms with Crippen LogP contribution in [0.1, 0.15) is 43.6 Å². The lowest BCUT2D eigenvalue weighted by Crippen LogP contribution is -2.32. The molecule has 16 heavy (non-hydrogen) atoms. The predicted octanol–water partition coefficient (Wildman–Crippen LogP) is 3.15. The van der Waals surface area contributed by atoms with E-state index < -0.39 is 11.7 Å². The molecule has 0 saturated carbocycles. The van der Waals surface area contributed by atoms with Gasteiger partial charge in [0.1, 0.15) is 6.10 Å². The lowest BCUT2D eigenvalue weighted by Gasteiger charge is -2.31. The molecule has 0 saturated heterocycles. The van der Waals surface area contributed by atoms with Crippen molar-refractivity contribution < 1.29 is 9.84 Å². The van der Waals surface area contributed by atoms with Crippen LogP contribution >= 0.6 is 0 Å². The fraction of sp³-hybridized carbons (Fsp3) is 0.571. The van der Waals surface area contributed by atoms with Crippen molar-refractivity contribution in [2.24, 2.45) is 0 Å². The minimum atomic E-state index is -0.591. The molecule has 0 heterocycles. The van der Waals surface area contributed by atoms with Crippen LogP contribution in [0.2, 0.25) is 0 Å². The number of aryl methyl sites for hydroxylation is 2. The van der Waals surface area contributed by atoms with Gasteiger partial charge in [0.05, 0.1) is 5.60 Å². The molecule has 0 aliphatic rings. The van der Waals surface area contributed by atoms with Gasteiger partial charge in [-0.2, -0.15) is 0 Å².